The van der Waals surface area contributed by atoms with Crippen LogP contribution >= 0.6 is 15.9 Å². The third-order valence-corrected chi connectivity index (χ3v) is 3.67. The van der Waals surface area contributed by atoms with Gasteiger partial charge in [-0.15, -0.1) is 0 Å². The first kappa shape index (κ1) is 7.01. The van der Waals surface area contributed by atoms with Gasteiger partial charge in [-0.3, -0.25) is 0 Å². The van der Waals surface area contributed by atoms with Gasteiger partial charge in [0.25, 0.3) is 5.92 Å². The Bertz CT molecular complexity index is 144. The van der Waals surface area contributed by atoms with E-state index in [2.05, 4.69) is 15.9 Å². The van der Waals surface area contributed by atoms with Crippen LogP contribution in [-0.2, 0) is 0 Å². The van der Waals surface area contributed by atoms with Crippen molar-refractivity contribution in [3.63, 3.8) is 0 Å². The molecule has 0 radical (unpaired) electrons. The van der Waals surface area contributed by atoms with Crippen LogP contribution in [-0.4, -0.2) is 11.3 Å². The molecule has 0 aliphatic heterocycles. The molecular formula is C7H9BrF2. The van der Waals surface area contributed by atoms with E-state index in [0.29, 0.717) is 5.92 Å². The predicted molar refractivity (Wildman–Crippen MR) is 38.4 cm³/mol. The van der Waals surface area contributed by atoms with Gasteiger partial charge in [0.05, 0.1) is 0 Å². The van der Waals surface area contributed by atoms with Crippen LogP contribution in [0.4, 0.5) is 8.78 Å². The molecule has 2 aliphatic rings. The van der Waals surface area contributed by atoms with E-state index in [1.807, 2.05) is 0 Å². The summed E-state index contributed by atoms with van der Waals surface area (Å²) in [6.07, 6.45) is 1.48. The maximum absolute atomic E-state index is 12.5. The normalized spacial score (nSPS) is 43.5. The van der Waals surface area contributed by atoms with Gasteiger partial charge in [-0.1, -0.05) is 15.9 Å². The van der Waals surface area contributed by atoms with Crippen LogP contribution in [0.3, 0.4) is 0 Å². The fourth-order valence-electron chi connectivity index (χ4n) is 2.04. The third kappa shape index (κ3) is 0.758. The molecular weight excluding hydrogens is 202 g/mol. The summed E-state index contributed by atoms with van der Waals surface area (Å²) in [5.74, 6) is -2.27. The molecule has 2 fully saturated rings. The van der Waals surface area contributed by atoms with E-state index >= 15 is 0 Å². The van der Waals surface area contributed by atoms with Crippen molar-refractivity contribution in [2.45, 2.75) is 18.8 Å². The predicted octanol–water partition coefficient (Wildman–Crippen LogP) is 2.67. The first-order valence-electron chi connectivity index (χ1n) is 3.60. The largest absolute Gasteiger partial charge is 0.254 e. The van der Waals surface area contributed by atoms with Gasteiger partial charge >= 0.3 is 0 Å². The van der Waals surface area contributed by atoms with Crippen molar-refractivity contribution in [1.29, 1.82) is 0 Å². The molecule has 0 aromatic heterocycles. The Balaban J connectivity index is 1.96. The molecule has 0 aromatic carbocycles. The van der Waals surface area contributed by atoms with Gasteiger partial charge in [0.15, 0.2) is 0 Å². The number of rotatable bonds is 1. The molecule has 58 valence electrons. The Morgan fingerprint density at radius 1 is 1.30 bits per heavy atom. The highest BCUT2D eigenvalue weighted by Gasteiger charge is 2.71. The summed E-state index contributed by atoms with van der Waals surface area (Å²) in [6, 6.07) is 0. The minimum atomic E-state index is -2.28. The number of alkyl halides is 3. The molecule has 0 amide bonds. The Morgan fingerprint density at radius 2 is 1.80 bits per heavy atom. The lowest BCUT2D eigenvalue weighted by molar-refractivity contribution is 0.0659. The van der Waals surface area contributed by atoms with Gasteiger partial charge in [-0.05, 0) is 18.8 Å². The molecule has 0 spiro atoms. The maximum atomic E-state index is 12.5. The molecule has 2 atom stereocenters. The van der Waals surface area contributed by atoms with Crippen LogP contribution in [0, 0.1) is 17.8 Å². The molecule has 2 rings (SSSR count). The van der Waals surface area contributed by atoms with Gasteiger partial charge in [0.2, 0.25) is 0 Å². The van der Waals surface area contributed by atoms with Gasteiger partial charge in [-0.2, -0.15) is 0 Å². The van der Waals surface area contributed by atoms with E-state index in [9.17, 15) is 8.78 Å². The SMILES string of the molecule is FC1(F)[C@H]2CC(CBr)C[C@@H]21. The average molecular weight is 211 g/mol. The molecule has 0 N–H and O–H groups in total. The van der Waals surface area contributed by atoms with Crippen LogP contribution in [0.1, 0.15) is 12.8 Å². The van der Waals surface area contributed by atoms with E-state index in [-0.39, 0.29) is 11.8 Å². The molecule has 0 heterocycles. The Morgan fingerprint density at radius 3 is 2.20 bits per heavy atom. The molecule has 10 heavy (non-hydrogen) atoms. The van der Waals surface area contributed by atoms with Gasteiger partial charge in [-0.25, -0.2) is 8.78 Å². The highest BCUT2D eigenvalue weighted by molar-refractivity contribution is 9.09. The second-order valence-electron chi connectivity index (χ2n) is 3.38. The standard InChI is InChI=1S/C7H9BrF2/c8-3-4-1-5-6(2-4)7(5,9)10/h4-6H,1-3H2/t5-,6-/m0/s1. The van der Waals surface area contributed by atoms with E-state index in [0.717, 1.165) is 18.2 Å². The minimum Gasteiger partial charge on any atom is -0.206 e. The van der Waals surface area contributed by atoms with Crippen LogP contribution < -0.4 is 0 Å². The molecule has 3 heteroatoms. The van der Waals surface area contributed by atoms with Crippen molar-refractivity contribution in [3.05, 3.63) is 0 Å². The van der Waals surface area contributed by atoms with Crippen molar-refractivity contribution in [2.24, 2.45) is 17.8 Å². The zero-order chi connectivity index (χ0) is 7.35. The number of hydrogen-bond acceptors (Lipinski definition) is 0. The van der Waals surface area contributed by atoms with E-state index in [4.69, 9.17) is 0 Å². The maximum Gasteiger partial charge on any atom is 0.254 e. The molecule has 0 nitrogen and oxygen atoms in total. The Hall–Kier alpha value is 0.340. The summed E-state index contributed by atoms with van der Waals surface area (Å²) in [6.45, 7) is 0. The van der Waals surface area contributed by atoms with Crippen molar-refractivity contribution in [2.75, 3.05) is 5.33 Å². The summed E-state index contributed by atoms with van der Waals surface area (Å²) in [5, 5.41) is 0.899. The highest BCUT2D eigenvalue weighted by atomic mass is 79.9. The van der Waals surface area contributed by atoms with E-state index in [1.165, 1.54) is 0 Å². The second-order valence-corrected chi connectivity index (χ2v) is 4.03. The lowest BCUT2D eigenvalue weighted by atomic mass is 10.1. The number of halogens is 3. The molecule has 0 bridgehead atoms. The minimum absolute atomic E-state index is 0.255. The van der Waals surface area contributed by atoms with Crippen LogP contribution in [0.2, 0.25) is 0 Å². The topological polar surface area (TPSA) is 0 Å². The number of fused-ring (bicyclic) bond motifs is 1. The lowest BCUT2D eigenvalue weighted by Crippen LogP contribution is -2.08. The van der Waals surface area contributed by atoms with Crippen molar-refractivity contribution < 1.29 is 8.78 Å². The second kappa shape index (κ2) is 1.93. The van der Waals surface area contributed by atoms with Gasteiger partial charge in [0.1, 0.15) is 0 Å². The molecule has 0 unspecified atom stereocenters. The van der Waals surface area contributed by atoms with Crippen LogP contribution in [0.15, 0.2) is 0 Å². The fourth-order valence-corrected chi connectivity index (χ4v) is 2.57. The van der Waals surface area contributed by atoms with E-state index in [1.54, 1.807) is 0 Å². The van der Waals surface area contributed by atoms with Crippen molar-refractivity contribution >= 4 is 15.9 Å². The fraction of sp³-hybridized carbons (Fsp3) is 1.00. The summed E-state index contributed by atoms with van der Waals surface area (Å²) >= 11 is 3.32. The van der Waals surface area contributed by atoms with E-state index < -0.39 is 5.92 Å². The first-order valence-corrected chi connectivity index (χ1v) is 4.72. The van der Waals surface area contributed by atoms with Crippen molar-refractivity contribution in [1.82, 2.24) is 0 Å². The van der Waals surface area contributed by atoms with Gasteiger partial charge in [0, 0.05) is 17.2 Å². The summed E-state index contributed by atoms with van der Waals surface area (Å²) in [7, 11) is 0. The summed E-state index contributed by atoms with van der Waals surface area (Å²) < 4.78 is 25.1. The third-order valence-electron chi connectivity index (χ3n) is 2.76. The molecule has 2 saturated carbocycles. The number of hydrogen-bond donors (Lipinski definition) is 0. The van der Waals surface area contributed by atoms with Crippen molar-refractivity contribution in [3.8, 4) is 0 Å². The van der Waals surface area contributed by atoms with Crippen LogP contribution in [0.25, 0.3) is 0 Å². The zero-order valence-electron chi connectivity index (χ0n) is 5.49. The zero-order valence-corrected chi connectivity index (χ0v) is 7.07. The molecule has 0 aromatic rings. The first-order chi connectivity index (χ1) is 4.66. The average Bonchev–Trinajstić information content (AvgIpc) is 2.37. The van der Waals surface area contributed by atoms with Gasteiger partial charge < -0.3 is 0 Å². The molecule has 2 aliphatic carbocycles. The molecule has 0 saturated heterocycles. The van der Waals surface area contributed by atoms with Crippen LogP contribution in [0.5, 0.6) is 0 Å². The Kier molecular flexibility index (Phi) is 1.35. The highest BCUT2D eigenvalue weighted by Crippen LogP contribution is 2.65. The smallest absolute Gasteiger partial charge is 0.206 e. The summed E-state index contributed by atoms with van der Waals surface area (Å²) in [5.41, 5.74) is 0. The Labute approximate surface area is 67.1 Å². The quantitative estimate of drug-likeness (QED) is 0.585. The summed E-state index contributed by atoms with van der Waals surface area (Å²) in [4.78, 5) is 0. The monoisotopic (exact) mass is 210 g/mol. The lowest BCUT2D eigenvalue weighted by Gasteiger charge is -2.09.